The Hall–Kier alpha value is -1.02. The van der Waals surface area contributed by atoms with Crippen molar-refractivity contribution in [2.24, 2.45) is 0 Å². The molecule has 1 aromatic carbocycles. The first kappa shape index (κ1) is 8.57. The Labute approximate surface area is 82.1 Å². The molecule has 0 saturated carbocycles. The highest BCUT2D eigenvalue weighted by atomic mass is 35.5. The molecule has 0 saturated heterocycles. The van der Waals surface area contributed by atoms with Gasteiger partial charge in [0.05, 0.1) is 11.7 Å². The summed E-state index contributed by atoms with van der Waals surface area (Å²) in [6.45, 7) is 4.21. The van der Waals surface area contributed by atoms with Crippen LogP contribution in [0.4, 0.5) is 0 Å². The van der Waals surface area contributed by atoms with E-state index in [2.05, 4.69) is 18.9 Å². The van der Waals surface area contributed by atoms with E-state index < -0.39 is 0 Å². The third-order valence-electron chi connectivity index (χ3n) is 2.05. The molecule has 2 aromatic rings. The molecular weight excluding hydrogens is 184 g/mol. The van der Waals surface area contributed by atoms with Crippen molar-refractivity contribution in [3.63, 3.8) is 0 Å². The van der Waals surface area contributed by atoms with E-state index in [0.29, 0.717) is 6.04 Å². The average Bonchev–Trinajstić information content (AvgIpc) is 2.46. The van der Waals surface area contributed by atoms with Crippen molar-refractivity contribution in [1.82, 2.24) is 9.78 Å². The van der Waals surface area contributed by atoms with E-state index in [9.17, 15) is 0 Å². The summed E-state index contributed by atoms with van der Waals surface area (Å²) in [6, 6.07) is 6.19. The van der Waals surface area contributed by atoms with E-state index in [1.54, 1.807) is 0 Å². The highest BCUT2D eigenvalue weighted by molar-refractivity contribution is 6.31. The molecule has 0 atom stereocenters. The molecule has 13 heavy (non-hydrogen) atoms. The summed E-state index contributed by atoms with van der Waals surface area (Å²) in [6.07, 6.45) is 1.87. The minimum atomic E-state index is 0.371. The molecule has 0 fully saturated rings. The smallest absolute Gasteiger partial charge is 0.0700 e. The van der Waals surface area contributed by atoms with Crippen molar-refractivity contribution in [2.75, 3.05) is 0 Å². The number of hydrogen-bond donors (Lipinski definition) is 0. The van der Waals surface area contributed by atoms with E-state index in [0.717, 1.165) is 15.9 Å². The Kier molecular flexibility index (Phi) is 2.00. The van der Waals surface area contributed by atoms with Crippen molar-refractivity contribution in [3.8, 4) is 0 Å². The van der Waals surface area contributed by atoms with Crippen LogP contribution in [0.25, 0.3) is 10.9 Å². The molecule has 1 aromatic heterocycles. The van der Waals surface area contributed by atoms with Crippen LogP contribution in [0.3, 0.4) is 0 Å². The summed E-state index contributed by atoms with van der Waals surface area (Å²) in [5.74, 6) is 0. The lowest BCUT2D eigenvalue weighted by Crippen LogP contribution is -2.01. The van der Waals surface area contributed by atoms with E-state index >= 15 is 0 Å². The summed E-state index contributed by atoms with van der Waals surface area (Å²) in [7, 11) is 0. The fourth-order valence-corrected chi connectivity index (χ4v) is 1.59. The predicted molar refractivity (Wildman–Crippen MR) is 55.1 cm³/mol. The van der Waals surface area contributed by atoms with Crippen LogP contribution in [-0.2, 0) is 0 Å². The van der Waals surface area contributed by atoms with E-state index in [4.69, 9.17) is 11.6 Å². The minimum absolute atomic E-state index is 0.371. The van der Waals surface area contributed by atoms with Gasteiger partial charge in [-0.3, -0.25) is 4.68 Å². The highest BCUT2D eigenvalue weighted by Gasteiger charge is 2.05. The van der Waals surface area contributed by atoms with Gasteiger partial charge in [-0.05, 0) is 32.0 Å². The van der Waals surface area contributed by atoms with Gasteiger partial charge in [0.15, 0.2) is 0 Å². The zero-order valence-electron chi connectivity index (χ0n) is 7.66. The van der Waals surface area contributed by atoms with Crippen LogP contribution in [0.5, 0.6) is 0 Å². The molecule has 2 rings (SSSR count). The van der Waals surface area contributed by atoms with Gasteiger partial charge >= 0.3 is 0 Å². The summed E-state index contributed by atoms with van der Waals surface area (Å²) in [4.78, 5) is 0. The molecule has 3 heteroatoms. The number of fused-ring (bicyclic) bond motifs is 1. The zero-order chi connectivity index (χ0) is 9.42. The molecule has 0 bridgehead atoms. The first-order valence-corrected chi connectivity index (χ1v) is 4.69. The fraction of sp³-hybridized carbons (Fsp3) is 0.300. The maximum Gasteiger partial charge on any atom is 0.0700 e. The van der Waals surface area contributed by atoms with Gasteiger partial charge in [0.1, 0.15) is 0 Å². The van der Waals surface area contributed by atoms with Gasteiger partial charge < -0.3 is 0 Å². The third-order valence-corrected chi connectivity index (χ3v) is 2.28. The molecule has 0 aliphatic carbocycles. The SMILES string of the molecule is CC(C)n1ncc2ccc(Cl)cc21. The quantitative estimate of drug-likeness (QED) is 0.682. The Morgan fingerprint density at radius 3 is 2.85 bits per heavy atom. The Morgan fingerprint density at radius 2 is 2.15 bits per heavy atom. The van der Waals surface area contributed by atoms with Gasteiger partial charge in [-0.15, -0.1) is 0 Å². The van der Waals surface area contributed by atoms with E-state index in [1.807, 2.05) is 29.1 Å². The second-order valence-corrected chi connectivity index (χ2v) is 3.82. The Morgan fingerprint density at radius 1 is 1.38 bits per heavy atom. The van der Waals surface area contributed by atoms with Crippen molar-refractivity contribution < 1.29 is 0 Å². The van der Waals surface area contributed by atoms with Crippen LogP contribution in [0, 0.1) is 0 Å². The average molecular weight is 195 g/mol. The molecule has 2 nitrogen and oxygen atoms in total. The third kappa shape index (κ3) is 1.42. The standard InChI is InChI=1S/C10H11ClN2/c1-7(2)13-10-5-9(11)4-3-8(10)6-12-13/h3-7H,1-2H3. The van der Waals surface area contributed by atoms with Gasteiger partial charge in [-0.25, -0.2) is 0 Å². The lowest BCUT2D eigenvalue weighted by molar-refractivity contribution is 0.551. The molecule has 0 amide bonds. The van der Waals surface area contributed by atoms with Crippen molar-refractivity contribution in [1.29, 1.82) is 0 Å². The maximum absolute atomic E-state index is 5.91. The normalized spacial score (nSPS) is 11.4. The molecule has 1 heterocycles. The first-order valence-electron chi connectivity index (χ1n) is 4.31. The second-order valence-electron chi connectivity index (χ2n) is 3.39. The first-order chi connectivity index (χ1) is 6.18. The van der Waals surface area contributed by atoms with Crippen LogP contribution in [0.1, 0.15) is 19.9 Å². The predicted octanol–water partition coefficient (Wildman–Crippen LogP) is 3.27. The number of hydrogen-bond acceptors (Lipinski definition) is 1. The highest BCUT2D eigenvalue weighted by Crippen LogP contribution is 2.21. The maximum atomic E-state index is 5.91. The molecule has 0 aliphatic rings. The van der Waals surface area contributed by atoms with Crippen molar-refractivity contribution in [3.05, 3.63) is 29.4 Å². The number of halogens is 1. The van der Waals surface area contributed by atoms with Gasteiger partial charge in [0, 0.05) is 16.5 Å². The van der Waals surface area contributed by atoms with Crippen LogP contribution in [-0.4, -0.2) is 9.78 Å². The summed E-state index contributed by atoms with van der Waals surface area (Å²) >= 11 is 5.91. The number of aromatic nitrogens is 2. The summed E-state index contributed by atoms with van der Waals surface area (Å²) < 4.78 is 1.97. The molecule has 68 valence electrons. The number of rotatable bonds is 1. The largest absolute Gasteiger partial charge is 0.262 e. The molecular formula is C10H11ClN2. The van der Waals surface area contributed by atoms with Crippen LogP contribution >= 0.6 is 11.6 Å². The van der Waals surface area contributed by atoms with Crippen molar-refractivity contribution in [2.45, 2.75) is 19.9 Å². The molecule has 0 unspecified atom stereocenters. The second kappa shape index (κ2) is 3.04. The topological polar surface area (TPSA) is 17.8 Å². The van der Waals surface area contributed by atoms with E-state index in [1.165, 1.54) is 0 Å². The lowest BCUT2D eigenvalue weighted by atomic mass is 10.2. The Balaban J connectivity index is 2.71. The molecule has 0 spiro atoms. The lowest BCUT2D eigenvalue weighted by Gasteiger charge is -2.06. The van der Waals surface area contributed by atoms with Gasteiger partial charge in [0.25, 0.3) is 0 Å². The summed E-state index contributed by atoms with van der Waals surface area (Å²) in [5.41, 5.74) is 1.10. The monoisotopic (exact) mass is 194 g/mol. The summed E-state index contributed by atoms with van der Waals surface area (Å²) in [5, 5.41) is 6.19. The molecule has 0 radical (unpaired) electrons. The van der Waals surface area contributed by atoms with Crippen LogP contribution in [0.2, 0.25) is 5.02 Å². The molecule has 0 N–H and O–H groups in total. The van der Waals surface area contributed by atoms with Crippen molar-refractivity contribution >= 4 is 22.5 Å². The minimum Gasteiger partial charge on any atom is -0.262 e. The number of benzene rings is 1. The molecule has 0 aliphatic heterocycles. The van der Waals surface area contributed by atoms with E-state index in [-0.39, 0.29) is 0 Å². The number of nitrogens with zero attached hydrogens (tertiary/aromatic N) is 2. The Bertz CT molecular complexity index is 431. The van der Waals surface area contributed by atoms with Crippen LogP contribution in [0.15, 0.2) is 24.4 Å². The van der Waals surface area contributed by atoms with Gasteiger partial charge in [0.2, 0.25) is 0 Å². The van der Waals surface area contributed by atoms with Crippen LogP contribution < -0.4 is 0 Å². The fourth-order valence-electron chi connectivity index (χ4n) is 1.42. The van der Waals surface area contributed by atoms with Gasteiger partial charge in [-0.1, -0.05) is 11.6 Å². The van der Waals surface area contributed by atoms with Gasteiger partial charge in [-0.2, -0.15) is 5.10 Å². The zero-order valence-corrected chi connectivity index (χ0v) is 8.42.